The van der Waals surface area contributed by atoms with Crippen molar-refractivity contribution in [3.63, 3.8) is 0 Å². The van der Waals surface area contributed by atoms with Gasteiger partial charge in [0.25, 0.3) is 0 Å². The molecular weight excluding hydrogens is 472 g/mol. The second kappa shape index (κ2) is 9.66. The molecule has 8 heteroatoms. The Morgan fingerprint density at radius 2 is 1.43 bits per heavy atom. The van der Waals surface area contributed by atoms with Gasteiger partial charge in [-0.15, -0.1) is 0 Å². The van der Waals surface area contributed by atoms with Crippen LogP contribution >= 0.6 is 0 Å². The quantitative estimate of drug-likeness (QED) is 0.231. The second-order valence-electron chi connectivity index (χ2n) is 8.32. The van der Waals surface area contributed by atoms with Crippen molar-refractivity contribution in [2.24, 2.45) is 0 Å². The predicted molar refractivity (Wildman–Crippen MR) is 138 cm³/mol. The SMILES string of the molecule is CCOC(=O)c1ccn2ccc(-c3ccn4c(C(=O)c5ccc(OC)cc5)cc(C(=O)OC)c4c3)cc12. The van der Waals surface area contributed by atoms with Crippen LogP contribution < -0.4 is 4.74 Å². The van der Waals surface area contributed by atoms with Crippen LogP contribution in [0.4, 0.5) is 0 Å². The normalized spacial score (nSPS) is 11.0. The highest BCUT2D eigenvalue weighted by Gasteiger charge is 2.22. The second-order valence-corrected chi connectivity index (χ2v) is 8.32. The molecular formula is C29H24N2O6. The van der Waals surface area contributed by atoms with Crippen LogP contribution in [0.1, 0.15) is 43.7 Å². The van der Waals surface area contributed by atoms with E-state index in [1.807, 2.05) is 34.9 Å². The van der Waals surface area contributed by atoms with Crippen molar-refractivity contribution in [2.45, 2.75) is 6.92 Å². The molecule has 186 valence electrons. The Labute approximate surface area is 212 Å². The molecule has 37 heavy (non-hydrogen) atoms. The van der Waals surface area contributed by atoms with Gasteiger partial charge in [-0.05, 0) is 78.7 Å². The molecule has 0 N–H and O–H groups in total. The molecule has 0 saturated carbocycles. The molecule has 0 fully saturated rings. The Balaban J connectivity index is 1.61. The summed E-state index contributed by atoms with van der Waals surface area (Å²) in [5.41, 5.74) is 4.41. The Morgan fingerprint density at radius 1 is 0.757 bits per heavy atom. The number of ether oxygens (including phenoxy) is 3. The summed E-state index contributed by atoms with van der Waals surface area (Å²) in [6, 6.07) is 17.6. The molecule has 8 nitrogen and oxygen atoms in total. The number of ketones is 1. The van der Waals surface area contributed by atoms with E-state index >= 15 is 0 Å². The van der Waals surface area contributed by atoms with Crippen LogP contribution in [0, 0.1) is 0 Å². The number of fused-ring (bicyclic) bond motifs is 2. The average Bonchev–Trinajstić information content (AvgIpc) is 3.53. The largest absolute Gasteiger partial charge is 0.497 e. The van der Waals surface area contributed by atoms with Gasteiger partial charge in [-0.2, -0.15) is 0 Å². The molecule has 1 aromatic carbocycles. The maximum Gasteiger partial charge on any atom is 0.340 e. The molecule has 5 rings (SSSR count). The van der Waals surface area contributed by atoms with Gasteiger partial charge < -0.3 is 23.0 Å². The molecule has 0 amide bonds. The van der Waals surface area contributed by atoms with Gasteiger partial charge in [-0.1, -0.05) is 0 Å². The molecule has 0 bridgehead atoms. The van der Waals surface area contributed by atoms with Gasteiger partial charge in [0, 0.05) is 24.2 Å². The van der Waals surface area contributed by atoms with Gasteiger partial charge in [-0.3, -0.25) is 4.79 Å². The van der Waals surface area contributed by atoms with Crippen molar-refractivity contribution in [1.29, 1.82) is 0 Å². The number of benzene rings is 1. The van der Waals surface area contributed by atoms with E-state index in [9.17, 15) is 14.4 Å². The summed E-state index contributed by atoms with van der Waals surface area (Å²) in [4.78, 5) is 38.4. The van der Waals surface area contributed by atoms with Crippen LogP contribution in [0.15, 0.2) is 79.3 Å². The fourth-order valence-corrected chi connectivity index (χ4v) is 4.38. The van der Waals surface area contributed by atoms with Gasteiger partial charge >= 0.3 is 11.9 Å². The van der Waals surface area contributed by atoms with Crippen LogP contribution in [0.5, 0.6) is 5.75 Å². The summed E-state index contributed by atoms with van der Waals surface area (Å²) >= 11 is 0. The first kappa shape index (κ1) is 23.9. The third-order valence-electron chi connectivity index (χ3n) is 6.25. The highest BCUT2D eigenvalue weighted by molar-refractivity contribution is 6.11. The number of rotatable bonds is 7. The number of carbonyl (C=O) groups is 3. The number of aromatic nitrogens is 2. The first-order valence-electron chi connectivity index (χ1n) is 11.7. The number of hydrogen-bond donors (Lipinski definition) is 0. The van der Waals surface area contributed by atoms with Crippen LogP contribution in [-0.2, 0) is 9.47 Å². The number of methoxy groups -OCH3 is 2. The van der Waals surface area contributed by atoms with Gasteiger partial charge in [0.2, 0.25) is 5.78 Å². The Kier molecular flexibility index (Phi) is 6.23. The minimum Gasteiger partial charge on any atom is -0.497 e. The van der Waals surface area contributed by atoms with Crippen LogP contribution in [-0.4, -0.2) is 47.3 Å². The predicted octanol–water partition coefficient (Wildman–Crippen LogP) is 5.06. The zero-order valence-corrected chi connectivity index (χ0v) is 20.6. The van der Waals surface area contributed by atoms with Crippen molar-refractivity contribution in [1.82, 2.24) is 8.80 Å². The van der Waals surface area contributed by atoms with Crippen LogP contribution in [0.3, 0.4) is 0 Å². The van der Waals surface area contributed by atoms with E-state index in [0.29, 0.717) is 33.6 Å². The zero-order valence-electron chi connectivity index (χ0n) is 20.6. The molecule has 0 aliphatic heterocycles. The van der Waals surface area contributed by atoms with Crippen molar-refractivity contribution in [3.05, 3.63) is 102 Å². The Morgan fingerprint density at radius 3 is 2.11 bits per heavy atom. The van der Waals surface area contributed by atoms with Gasteiger partial charge in [-0.25, -0.2) is 9.59 Å². The number of hydrogen-bond acceptors (Lipinski definition) is 6. The average molecular weight is 497 g/mol. The van der Waals surface area contributed by atoms with Gasteiger partial charge in [0.05, 0.1) is 48.7 Å². The summed E-state index contributed by atoms with van der Waals surface area (Å²) in [5.74, 6) is -0.536. The minimum atomic E-state index is -0.546. The van der Waals surface area contributed by atoms with Crippen molar-refractivity contribution < 1.29 is 28.6 Å². The monoisotopic (exact) mass is 496 g/mol. The van der Waals surface area contributed by atoms with Crippen LogP contribution in [0.2, 0.25) is 0 Å². The maximum atomic E-state index is 13.4. The van der Waals surface area contributed by atoms with Crippen molar-refractivity contribution in [2.75, 3.05) is 20.8 Å². The van der Waals surface area contributed by atoms with Gasteiger partial charge in [0.1, 0.15) is 5.75 Å². The van der Waals surface area contributed by atoms with Crippen molar-refractivity contribution in [3.8, 4) is 16.9 Å². The van der Waals surface area contributed by atoms with E-state index in [1.54, 1.807) is 67.2 Å². The molecule has 0 aliphatic rings. The standard InChI is InChI=1S/C29H24N2O6/c1-4-37-29(34)22-11-13-30-12-9-19(15-24(22)30)20-10-14-31-25(16-20)23(28(33)36-3)17-26(31)27(32)18-5-7-21(35-2)8-6-18/h5-17H,4H2,1-3H3. The highest BCUT2D eigenvalue weighted by atomic mass is 16.5. The van der Waals surface area contributed by atoms with E-state index in [-0.39, 0.29) is 23.9 Å². The first-order valence-corrected chi connectivity index (χ1v) is 11.7. The third kappa shape index (κ3) is 4.23. The smallest absolute Gasteiger partial charge is 0.340 e. The molecule has 0 saturated heterocycles. The van der Waals surface area contributed by atoms with E-state index in [2.05, 4.69) is 0 Å². The zero-order chi connectivity index (χ0) is 26.1. The molecule has 4 heterocycles. The molecule has 0 radical (unpaired) electrons. The van der Waals surface area contributed by atoms with Crippen molar-refractivity contribution >= 4 is 28.8 Å². The molecule has 0 spiro atoms. The highest BCUT2D eigenvalue weighted by Crippen LogP contribution is 2.29. The Bertz CT molecular complexity index is 1660. The fraction of sp³-hybridized carbons (Fsp3) is 0.138. The summed E-state index contributed by atoms with van der Waals surface area (Å²) in [5, 5.41) is 0. The number of carbonyl (C=O) groups excluding carboxylic acids is 3. The van der Waals surface area contributed by atoms with Crippen LogP contribution in [0.25, 0.3) is 22.2 Å². The summed E-state index contributed by atoms with van der Waals surface area (Å²) < 4.78 is 18.9. The van der Waals surface area contributed by atoms with E-state index in [4.69, 9.17) is 14.2 Å². The molecule has 0 atom stereocenters. The lowest BCUT2D eigenvalue weighted by Crippen LogP contribution is -2.05. The molecule has 0 aliphatic carbocycles. The van der Waals surface area contributed by atoms with E-state index < -0.39 is 5.97 Å². The van der Waals surface area contributed by atoms with E-state index in [1.165, 1.54) is 7.11 Å². The number of nitrogens with zero attached hydrogens (tertiary/aromatic N) is 2. The molecule has 0 unspecified atom stereocenters. The summed E-state index contributed by atoms with van der Waals surface area (Å²) in [6.45, 7) is 2.05. The molecule has 5 aromatic rings. The lowest BCUT2D eigenvalue weighted by atomic mass is 10.1. The summed E-state index contributed by atoms with van der Waals surface area (Å²) in [7, 11) is 2.86. The number of pyridine rings is 2. The minimum absolute atomic E-state index is 0.241. The van der Waals surface area contributed by atoms with Gasteiger partial charge in [0.15, 0.2) is 0 Å². The fourth-order valence-electron chi connectivity index (χ4n) is 4.38. The third-order valence-corrected chi connectivity index (χ3v) is 6.25. The lowest BCUT2D eigenvalue weighted by Gasteiger charge is -2.08. The topological polar surface area (TPSA) is 87.7 Å². The van der Waals surface area contributed by atoms with E-state index in [0.717, 1.165) is 11.1 Å². The maximum absolute atomic E-state index is 13.4. The number of esters is 2. The first-order chi connectivity index (χ1) is 17.9. The summed E-state index contributed by atoms with van der Waals surface area (Å²) in [6.07, 6.45) is 5.41. The Hall–Kier alpha value is -4.85. The lowest BCUT2D eigenvalue weighted by molar-refractivity contribution is 0.0527. The molecule has 4 aromatic heterocycles.